The third-order valence-electron chi connectivity index (χ3n) is 4.89. The van der Waals surface area contributed by atoms with Gasteiger partial charge in [-0.15, -0.1) is 0 Å². The van der Waals surface area contributed by atoms with Gasteiger partial charge in [-0.05, 0) is 37.5 Å². The fourth-order valence-corrected chi connectivity index (χ4v) is 5.12. The van der Waals surface area contributed by atoms with Crippen LogP contribution in [0.25, 0.3) is 0 Å². The summed E-state index contributed by atoms with van der Waals surface area (Å²) >= 11 is 0. The van der Waals surface area contributed by atoms with Gasteiger partial charge in [0.25, 0.3) is 0 Å². The van der Waals surface area contributed by atoms with E-state index in [1.807, 2.05) is 0 Å². The average molecular weight is 303 g/mol. The average Bonchev–Trinajstić information content (AvgIpc) is 2.46. The molecule has 2 N–H and O–H groups in total. The summed E-state index contributed by atoms with van der Waals surface area (Å²) in [5, 5.41) is 10.1. The van der Waals surface area contributed by atoms with Crippen LogP contribution in [0.5, 0.6) is 0 Å². The van der Waals surface area contributed by atoms with Crippen LogP contribution in [0.4, 0.5) is 0 Å². The minimum Gasteiger partial charge on any atom is -0.391 e. The van der Waals surface area contributed by atoms with Gasteiger partial charge < -0.3 is 5.11 Å². The largest absolute Gasteiger partial charge is 0.391 e. The molecule has 0 aromatic carbocycles. The maximum absolute atomic E-state index is 12.1. The number of sulfonamides is 1. The van der Waals surface area contributed by atoms with E-state index in [1.165, 1.54) is 12.8 Å². The molecule has 2 saturated carbocycles. The van der Waals surface area contributed by atoms with Gasteiger partial charge in [-0.1, -0.05) is 38.5 Å². The van der Waals surface area contributed by atoms with Gasteiger partial charge in [-0.3, -0.25) is 0 Å². The van der Waals surface area contributed by atoms with Crippen molar-refractivity contribution in [3.63, 3.8) is 0 Å². The normalized spacial score (nSPS) is 24.6. The van der Waals surface area contributed by atoms with Gasteiger partial charge in [-0.2, -0.15) is 0 Å². The maximum Gasteiger partial charge on any atom is 0.211 e. The zero-order valence-electron chi connectivity index (χ0n) is 12.4. The lowest BCUT2D eigenvalue weighted by Crippen LogP contribution is -2.39. The fraction of sp³-hybridized carbons (Fsp3) is 1.00. The standard InChI is InChI=1S/C15H29NO3S/c17-15(14-9-5-2-6-10-14)11-16-20(18,19)12-13-7-3-1-4-8-13/h13-17H,1-12H2. The summed E-state index contributed by atoms with van der Waals surface area (Å²) in [7, 11) is -3.22. The van der Waals surface area contributed by atoms with E-state index in [1.54, 1.807) is 0 Å². The van der Waals surface area contributed by atoms with Crippen LogP contribution >= 0.6 is 0 Å². The Hall–Kier alpha value is -0.130. The molecule has 0 heterocycles. The van der Waals surface area contributed by atoms with Gasteiger partial charge in [0, 0.05) is 6.54 Å². The predicted molar refractivity (Wildman–Crippen MR) is 80.9 cm³/mol. The first-order chi connectivity index (χ1) is 9.57. The molecule has 1 unspecified atom stereocenters. The van der Waals surface area contributed by atoms with Crippen LogP contribution in [-0.2, 0) is 10.0 Å². The van der Waals surface area contributed by atoms with E-state index in [0.29, 0.717) is 5.92 Å². The summed E-state index contributed by atoms with van der Waals surface area (Å²) in [4.78, 5) is 0. The lowest BCUT2D eigenvalue weighted by molar-refractivity contribution is 0.0888. The van der Waals surface area contributed by atoms with Crippen molar-refractivity contribution >= 4 is 10.0 Å². The zero-order valence-corrected chi connectivity index (χ0v) is 13.2. The van der Waals surface area contributed by atoms with E-state index in [2.05, 4.69) is 4.72 Å². The Morgan fingerprint density at radius 3 is 2.10 bits per heavy atom. The Bertz CT molecular complexity index is 371. The van der Waals surface area contributed by atoms with Gasteiger partial charge in [0.1, 0.15) is 0 Å². The first-order valence-electron chi connectivity index (χ1n) is 8.22. The second-order valence-corrected chi connectivity index (χ2v) is 8.45. The van der Waals surface area contributed by atoms with Crippen LogP contribution in [0.15, 0.2) is 0 Å². The van der Waals surface area contributed by atoms with Crippen LogP contribution in [0.3, 0.4) is 0 Å². The summed E-state index contributed by atoms with van der Waals surface area (Å²) in [6.45, 7) is 0.194. The third-order valence-corrected chi connectivity index (χ3v) is 6.40. The van der Waals surface area contributed by atoms with Crippen molar-refractivity contribution in [3.8, 4) is 0 Å². The van der Waals surface area contributed by atoms with E-state index in [0.717, 1.165) is 51.4 Å². The molecule has 0 bridgehead atoms. The van der Waals surface area contributed by atoms with Gasteiger partial charge in [0.15, 0.2) is 0 Å². The molecule has 0 amide bonds. The minimum absolute atomic E-state index is 0.194. The van der Waals surface area contributed by atoms with Gasteiger partial charge >= 0.3 is 0 Å². The molecule has 0 saturated heterocycles. The molecule has 2 aliphatic rings. The summed E-state index contributed by atoms with van der Waals surface area (Å²) < 4.78 is 26.8. The van der Waals surface area contributed by atoms with Crippen molar-refractivity contribution in [1.29, 1.82) is 0 Å². The fourth-order valence-electron chi connectivity index (χ4n) is 3.62. The van der Waals surface area contributed by atoms with E-state index >= 15 is 0 Å². The summed E-state index contributed by atoms with van der Waals surface area (Å²) in [6, 6.07) is 0. The molecule has 0 spiro atoms. The molecule has 1 atom stereocenters. The van der Waals surface area contributed by atoms with E-state index in [-0.39, 0.29) is 18.2 Å². The Kier molecular flexibility index (Phi) is 6.30. The molecule has 2 fully saturated rings. The number of hydrogen-bond donors (Lipinski definition) is 2. The zero-order chi connectivity index (χ0) is 14.4. The molecule has 2 rings (SSSR count). The van der Waals surface area contributed by atoms with Gasteiger partial charge in [0.2, 0.25) is 10.0 Å². The van der Waals surface area contributed by atoms with E-state index < -0.39 is 16.1 Å². The quantitative estimate of drug-likeness (QED) is 0.792. The van der Waals surface area contributed by atoms with Crippen LogP contribution in [0.2, 0.25) is 0 Å². The highest BCUT2D eigenvalue weighted by atomic mass is 32.2. The molecule has 4 nitrogen and oxygen atoms in total. The van der Waals surface area contributed by atoms with Crippen LogP contribution in [0.1, 0.15) is 64.2 Å². The SMILES string of the molecule is O=S(=O)(CC1CCCCC1)NCC(O)C1CCCCC1. The van der Waals surface area contributed by atoms with Crippen LogP contribution < -0.4 is 4.72 Å². The number of rotatable bonds is 6. The second-order valence-electron chi connectivity index (χ2n) is 6.60. The van der Waals surface area contributed by atoms with E-state index in [9.17, 15) is 13.5 Å². The lowest BCUT2D eigenvalue weighted by Gasteiger charge is -2.27. The topological polar surface area (TPSA) is 66.4 Å². The first-order valence-corrected chi connectivity index (χ1v) is 9.87. The van der Waals surface area contributed by atoms with E-state index in [4.69, 9.17) is 0 Å². The molecule has 0 aromatic rings. The number of aliphatic hydroxyl groups excluding tert-OH is 1. The molecule has 118 valence electrons. The highest BCUT2D eigenvalue weighted by Crippen LogP contribution is 2.27. The second kappa shape index (κ2) is 7.76. The van der Waals surface area contributed by atoms with Crippen molar-refractivity contribution in [2.45, 2.75) is 70.3 Å². The van der Waals surface area contributed by atoms with Crippen LogP contribution in [0, 0.1) is 11.8 Å². The Morgan fingerprint density at radius 2 is 1.50 bits per heavy atom. The van der Waals surface area contributed by atoms with Crippen molar-refractivity contribution in [2.75, 3.05) is 12.3 Å². The van der Waals surface area contributed by atoms with Crippen molar-refractivity contribution in [2.24, 2.45) is 11.8 Å². The molecule has 0 aromatic heterocycles. The Labute approximate surface area is 123 Å². The molecule has 0 radical (unpaired) electrons. The smallest absolute Gasteiger partial charge is 0.211 e. The summed E-state index contributed by atoms with van der Waals surface area (Å²) in [5.74, 6) is 0.832. The Balaban J connectivity index is 1.73. The lowest BCUT2D eigenvalue weighted by atomic mass is 9.85. The predicted octanol–water partition coefficient (Wildman–Crippen LogP) is 2.43. The minimum atomic E-state index is -3.22. The monoisotopic (exact) mass is 303 g/mol. The summed E-state index contributed by atoms with van der Waals surface area (Å²) in [5.41, 5.74) is 0. The van der Waals surface area contributed by atoms with Crippen molar-refractivity contribution < 1.29 is 13.5 Å². The Morgan fingerprint density at radius 1 is 0.950 bits per heavy atom. The number of hydrogen-bond acceptors (Lipinski definition) is 3. The molecule has 5 heteroatoms. The highest BCUT2D eigenvalue weighted by Gasteiger charge is 2.25. The van der Waals surface area contributed by atoms with Gasteiger partial charge in [-0.25, -0.2) is 13.1 Å². The first kappa shape index (κ1) is 16.2. The number of nitrogens with one attached hydrogen (secondary N) is 1. The molecular weight excluding hydrogens is 274 g/mol. The van der Waals surface area contributed by atoms with Crippen molar-refractivity contribution in [1.82, 2.24) is 4.72 Å². The maximum atomic E-state index is 12.1. The molecule has 2 aliphatic carbocycles. The van der Waals surface area contributed by atoms with Crippen molar-refractivity contribution in [3.05, 3.63) is 0 Å². The van der Waals surface area contributed by atoms with Crippen LogP contribution in [-0.4, -0.2) is 31.9 Å². The molecule has 0 aliphatic heterocycles. The summed E-state index contributed by atoms with van der Waals surface area (Å²) in [6.07, 6.45) is 10.7. The highest BCUT2D eigenvalue weighted by molar-refractivity contribution is 7.89. The molecular formula is C15H29NO3S. The molecule has 20 heavy (non-hydrogen) atoms. The third kappa shape index (κ3) is 5.34. The van der Waals surface area contributed by atoms with Gasteiger partial charge in [0.05, 0.1) is 11.9 Å². The number of aliphatic hydroxyl groups is 1.